The maximum absolute atomic E-state index is 12.7. The minimum Gasteiger partial charge on any atom is -0.495 e. The van der Waals surface area contributed by atoms with Gasteiger partial charge in [-0.1, -0.05) is 35.6 Å². The molecule has 0 aliphatic rings. The first-order valence-electron chi connectivity index (χ1n) is 8.97. The fraction of sp³-hybridized carbons (Fsp3) is 0.273. The van der Waals surface area contributed by atoms with Crippen LogP contribution in [-0.2, 0) is 17.8 Å². The van der Waals surface area contributed by atoms with E-state index in [4.69, 9.17) is 9.47 Å². The van der Waals surface area contributed by atoms with Crippen LogP contribution in [0.5, 0.6) is 11.5 Å². The van der Waals surface area contributed by atoms with Crippen molar-refractivity contribution in [2.45, 2.75) is 26.8 Å². The van der Waals surface area contributed by atoms with Gasteiger partial charge >= 0.3 is 0 Å². The largest absolute Gasteiger partial charge is 0.495 e. The van der Waals surface area contributed by atoms with Gasteiger partial charge in [-0.3, -0.25) is 4.79 Å². The second-order valence-corrected chi connectivity index (χ2v) is 7.51. The van der Waals surface area contributed by atoms with Crippen molar-refractivity contribution < 1.29 is 14.3 Å². The number of methoxy groups -OCH3 is 2. The number of ether oxygens (including phenoxy) is 2. The van der Waals surface area contributed by atoms with Crippen LogP contribution in [0.3, 0.4) is 0 Å². The lowest BCUT2D eigenvalue weighted by atomic mass is 10.0. The molecule has 1 aromatic heterocycles. The lowest BCUT2D eigenvalue weighted by Crippen LogP contribution is -2.17. The average molecular weight is 397 g/mol. The van der Waals surface area contributed by atoms with E-state index >= 15 is 0 Å². The predicted molar refractivity (Wildman–Crippen MR) is 113 cm³/mol. The number of hydrogen-bond donors (Lipinski definition) is 0. The number of aromatic nitrogens is 1. The van der Waals surface area contributed by atoms with E-state index in [0.717, 1.165) is 21.5 Å². The summed E-state index contributed by atoms with van der Waals surface area (Å²) in [7, 11) is 3.25. The van der Waals surface area contributed by atoms with Crippen molar-refractivity contribution in [2.75, 3.05) is 14.2 Å². The van der Waals surface area contributed by atoms with E-state index in [-0.39, 0.29) is 12.3 Å². The molecule has 6 heteroatoms. The van der Waals surface area contributed by atoms with Gasteiger partial charge < -0.3 is 14.0 Å². The Bertz CT molecular complexity index is 1110. The summed E-state index contributed by atoms with van der Waals surface area (Å²) in [5.74, 6) is 1.24. The van der Waals surface area contributed by atoms with Crippen LogP contribution in [-0.4, -0.2) is 24.7 Å². The standard InChI is InChI=1S/C22H24N2O3S/c1-6-11-24-20-17(26-4)9-10-18(27-5)21(20)28-22(24)23-19(25)13-16-8-7-14(2)15(3)12-16/h6-10,12H,1,11,13H2,2-5H3. The lowest BCUT2D eigenvalue weighted by molar-refractivity contribution is -0.117. The van der Waals surface area contributed by atoms with Crippen molar-refractivity contribution in [1.29, 1.82) is 0 Å². The molecular weight excluding hydrogens is 372 g/mol. The third kappa shape index (κ3) is 3.87. The molecule has 3 rings (SSSR count). The number of allylic oxidation sites excluding steroid dienone is 1. The smallest absolute Gasteiger partial charge is 0.252 e. The number of aryl methyl sites for hydroxylation is 2. The fourth-order valence-electron chi connectivity index (χ4n) is 3.07. The van der Waals surface area contributed by atoms with E-state index < -0.39 is 0 Å². The zero-order valence-corrected chi connectivity index (χ0v) is 17.4. The third-order valence-corrected chi connectivity index (χ3v) is 5.74. The highest BCUT2D eigenvalue weighted by atomic mass is 32.1. The predicted octanol–water partition coefficient (Wildman–Crippen LogP) is 4.19. The van der Waals surface area contributed by atoms with Gasteiger partial charge in [-0.2, -0.15) is 4.99 Å². The number of carbonyl (C=O) groups is 1. The van der Waals surface area contributed by atoms with Crippen molar-refractivity contribution >= 4 is 27.5 Å². The molecule has 0 saturated carbocycles. The molecule has 28 heavy (non-hydrogen) atoms. The molecule has 0 aliphatic carbocycles. The van der Waals surface area contributed by atoms with Gasteiger partial charge in [0.15, 0.2) is 4.80 Å². The molecule has 2 aromatic carbocycles. The summed E-state index contributed by atoms with van der Waals surface area (Å²) in [6, 6.07) is 9.76. The Morgan fingerprint density at radius 2 is 1.86 bits per heavy atom. The molecule has 0 fully saturated rings. The van der Waals surface area contributed by atoms with Gasteiger partial charge in [0.1, 0.15) is 21.7 Å². The van der Waals surface area contributed by atoms with Crippen LogP contribution >= 0.6 is 11.3 Å². The first kappa shape index (κ1) is 19.9. The minimum absolute atomic E-state index is 0.189. The number of fused-ring (bicyclic) bond motifs is 1. The van der Waals surface area contributed by atoms with Crippen LogP contribution in [0.2, 0.25) is 0 Å². The molecule has 0 radical (unpaired) electrons. The number of thiazole rings is 1. The average Bonchev–Trinajstić information content (AvgIpc) is 3.02. The van der Waals surface area contributed by atoms with E-state index in [1.807, 2.05) is 41.8 Å². The van der Waals surface area contributed by atoms with Gasteiger partial charge in [-0.25, -0.2) is 0 Å². The molecule has 0 bridgehead atoms. The van der Waals surface area contributed by atoms with Gasteiger partial charge in [-0.05, 0) is 42.7 Å². The number of nitrogens with zero attached hydrogens (tertiary/aromatic N) is 2. The van der Waals surface area contributed by atoms with Gasteiger partial charge in [-0.15, -0.1) is 6.58 Å². The summed E-state index contributed by atoms with van der Waals surface area (Å²) in [5, 5.41) is 0. The highest BCUT2D eigenvalue weighted by Gasteiger charge is 2.16. The summed E-state index contributed by atoms with van der Waals surface area (Å²) in [5.41, 5.74) is 4.19. The molecule has 1 amide bonds. The van der Waals surface area contributed by atoms with Crippen LogP contribution < -0.4 is 14.3 Å². The van der Waals surface area contributed by atoms with Gasteiger partial charge in [0.2, 0.25) is 0 Å². The van der Waals surface area contributed by atoms with Crippen molar-refractivity contribution in [3.8, 4) is 11.5 Å². The fourth-order valence-corrected chi connectivity index (χ4v) is 4.24. The molecule has 0 unspecified atom stereocenters. The van der Waals surface area contributed by atoms with Gasteiger partial charge in [0.05, 0.1) is 20.6 Å². The van der Waals surface area contributed by atoms with Crippen molar-refractivity contribution in [3.63, 3.8) is 0 Å². The molecule has 1 heterocycles. The Morgan fingerprint density at radius 3 is 2.50 bits per heavy atom. The maximum Gasteiger partial charge on any atom is 0.252 e. The van der Waals surface area contributed by atoms with Crippen molar-refractivity contribution in [2.24, 2.45) is 4.99 Å². The Hall–Kier alpha value is -2.86. The highest BCUT2D eigenvalue weighted by Crippen LogP contribution is 2.35. The molecule has 0 spiro atoms. The molecule has 3 aromatic rings. The zero-order chi connectivity index (χ0) is 20.3. The molecule has 0 aliphatic heterocycles. The van der Waals surface area contributed by atoms with Crippen LogP contribution in [0.1, 0.15) is 16.7 Å². The van der Waals surface area contributed by atoms with Crippen LogP contribution in [0.25, 0.3) is 10.2 Å². The quantitative estimate of drug-likeness (QED) is 0.587. The summed E-state index contributed by atoms with van der Waals surface area (Å²) in [6.45, 7) is 8.45. The Balaban J connectivity index is 2.10. The topological polar surface area (TPSA) is 52.8 Å². The van der Waals surface area contributed by atoms with Crippen molar-refractivity contribution in [3.05, 3.63) is 64.5 Å². The Kier molecular flexibility index (Phi) is 5.99. The van der Waals surface area contributed by atoms with Crippen molar-refractivity contribution in [1.82, 2.24) is 4.57 Å². The van der Waals surface area contributed by atoms with Crippen LogP contribution in [0.4, 0.5) is 0 Å². The van der Waals surface area contributed by atoms with Gasteiger partial charge in [0, 0.05) is 6.54 Å². The second-order valence-electron chi connectivity index (χ2n) is 6.53. The molecule has 0 N–H and O–H groups in total. The van der Waals surface area contributed by atoms with E-state index in [0.29, 0.717) is 17.1 Å². The lowest BCUT2D eigenvalue weighted by Gasteiger charge is -2.08. The van der Waals surface area contributed by atoms with Gasteiger partial charge in [0.25, 0.3) is 5.91 Å². The maximum atomic E-state index is 12.7. The first-order valence-corrected chi connectivity index (χ1v) is 9.79. The zero-order valence-electron chi connectivity index (χ0n) is 16.6. The molecular formula is C22H24N2O3S. The van der Waals surface area contributed by atoms with Crippen LogP contribution in [0, 0.1) is 13.8 Å². The molecule has 0 saturated heterocycles. The number of carbonyl (C=O) groups excluding carboxylic acids is 1. The normalized spacial score (nSPS) is 11.6. The monoisotopic (exact) mass is 396 g/mol. The summed E-state index contributed by atoms with van der Waals surface area (Å²) >= 11 is 1.41. The summed E-state index contributed by atoms with van der Waals surface area (Å²) in [4.78, 5) is 17.7. The number of benzene rings is 2. The number of hydrogen-bond acceptors (Lipinski definition) is 4. The Labute approximate surface area is 168 Å². The first-order chi connectivity index (χ1) is 13.5. The van der Waals surface area contributed by atoms with E-state index in [1.165, 1.54) is 22.5 Å². The second kappa shape index (κ2) is 8.44. The van der Waals surface area contributed by atoms with Crippen LogP contribution in [0.15, 0.2) is 48.0 Å². The highest BCUT2D eigenvalue weighted by molar-refractivity contribution is 7.16. The van der Waals surface area contributed by atoms with E-state index in [9.17, 15) is 4.79 Å². The number of amides is 1. The van der Waals surface area contributed by atoms with E-state index in [2.05, 4.69) is 18.5 Å². The minimum atomic E-state index is -0.189. The molecule has 0 atom stereocenters. The summed E-state index contributed by atoms with van der Waals surface area (Å²) < 4.78 is 13.8. The summed E-state index contributed by atoms with van der Waals surface area (Å²) in [6.07, 6.45) is 2.04. The number of rotatable bonds is 6. The third-order valence-electron chi connectivity index (χ3n) is 4.65. The SMILES string of the molecule is C=CCn1c(=NC(=O)Cc2ccc(C)c(C)c2)sc2c(OC)ccc(OC)c21. The molecule has 5 nitrogen and oxygen atoms in total. The molecule has 146 valence electrons. The van der Waals surface area contributed by atoms with E-state index in [1.54, 1.807) is 20.3 Å². The Morgan fingerprint density at radius 1 is 1.14 bits per heavy atom.